The first-order valence-corrected chi connectivity index (χ1v) is 8.98. The Morgan fingerprint density at radius 2 is 2.26 bits per heavy atom. The quantitative estimate of drug-likeness (QED) is 0.865. The minimum atomic E-state index is 0.205. The van der Waals surface area contributed by atoms with Crippen molar-refractivity contribution in [3.05, 3.63) is 46.3 Å². The average molecular weight is 329 g/mol. The third-order valence-corrected chi connectivity index (χ3v) is 5.32. The number of nitrogens with zero attached hydrogens (tertiary/aromatic N) is 3. The largest absolute Gasteiger partial charge is 0.355 e. The molecule has 1 amide bonds. The summed E-state index contributed by atoms with van der Waals surface area (Å²) in [7, 11) is 1.94. The fourth-order valence-corrected chi connectivity index (χ4v) is 3.77. The molecule has 122 valence electrons. The molecule has 1 fully saturated rings. The zero-order valence-electron chi connectivity index (χ0n) is 13.7. The summed E-state index contributed by atoms with van der Waals surface area (Å²) >= 11 is 1.65. The maximum absolute atomic E-state index is 12.5. The zero-order valence-corrected chi connectivity index (χ0v) is 14.6. The number of amides is 1. The molecular formula is C18H23N3OS. The second kappa shape index (κ2) is 7.13. The van der Waals surface area contributed by atoms with Crippen LogP contribution >= 0.6 is 11.3 Å². The Balaban J connectivity index is 1.64. The summed E-state index contributed by atoms with van der Waals surface area (Å²) in [6.45, 7) is 3.89. The van der Waals surface area contributed by atoms with Crippen LogP contribution in [0.25, 0.3) is 0 Å². The molecule has 1 saturated heterocycles. The minimum absolute atomic E-state index is 0.205. The molecule has 4 nitrogen and oxygen atoms in total. The monoisotopic (exact) mass is 329 g/mol. The number of likely N-dealkylation sites (N-methyl/N-ethyl adjacent to an activating group) is 1. The van der Waals surface area contributed by atoms with Gasteiger partial charge >= 0.3 is 0 Å². The lowest BCUT2D eigenvalue weighted by Crippen LogP contribution is -2.49. The van der Waals surface area contributed by atoms with Crippen molar-refractivity contribution in [2.24, 2.45) is 0 Å². The number of anilines is 1. The number of carbonyl (C=O) groups is 1. The second-order valence-corrected chi connectivity index (χ2v) is 7.17. The zero-order chi connectivity index (χ0) is 16.2. The van der Waals surface area contributed by atoms with Crippen molar-refractivity contribution in [3.63, 3.8) is 0 Å². The molecule has 1 aliphatic rings. The average Bonchev–Trinajstić information content (AvgIpc) is 3.07. The van der Waals surface area contributed by atoms with E-state index in [0.717, 1.165) is 42.3 Å². The molecule has 0 bridgehead atoms. The van der Waals surface area contributed by atoms with Gasteiger partial charge in [-0.3, -0.25) is 4.79 Å². The van der Waals surface area contributed by atoms with Crippen LogP contribution < -0.4 is 4.90 Å². The van der Waals surface area contributed by atoms with Crippen LogP contribution in [0.5, 0.6) is 0 Å². The lowest BCUT2D eigenvalue weighted by Gasteiger charge is -2.38. The summed E-state index contributed by atoms with van der Waals surface area (Å²) in [5, 5.41) is 2.02. The van der Waals surface area contributed by atoms with Crippen molar-refractivity contribution in [2.75, 3.05) is 25.0 Å². The maximum atomic E-state index is 12.5. The van der Waals surface area contributed by atoms with E-state index in [1.54, 1.807) is 11.3 Å². The van der Waals surface area contributed by atoms with E-state index in [9.17, 15) is 4.79 Å². The van der Waals surface area contributed by atoms with E-state index in [1.165, 1.54) is 0 Å². The summed E-state index contributed by atoms with van der Waals surface area (Å²) < 4.78 is 0. The number of hydrogen-bond acceptors (Lipinski definition) is 4. The topological polar surface area (TPSA) is 36.4 Å². The Labute approximate surface area is 141 Å². The molecular weight excluding hydrogens is 306 g/mol. The standard InChI is InChI=1S/C18H23N3OS/c1-14-6-3-9-17(19-14)21-10-4-7-15(13-21)20(2)18(22)12-16-8-5-11-23-16/h3,5-6,8-9,11,15H,4,7,10,12-13H2,1-2H3/t15-/m1/s1. The molecule has 2 aromatic rings. The maximum Gasteiger partial charge on any atom is 0.227 e. The van der Waals surface area contributed by atoms with Gasteiger partial charge in [-0.1, -0.05) is 12.1 Å². The molecule has 3 rings (SSSR count). The highest BCUT2D eigenvalue weighted by molar-refractivity contribution is 7.10. The molecule has 0 unspecified atom stereocenters. The van der Waals surface area contributed by atoms with Gasteiger partial charge in [0.25, 0.3) is 0 Å². The fourth-order valence-electron chi connectivity index (χ4n) is 3.07. The summed E-state index contributed by atoms with van der Waals surface area (Å²) in [6.07, 6.45) is 2.67. The summed E-state index contributed by atoms with van der Waals surface area (Å²) in [5.74, 6) is 1.23. The van der Waals surface area contributed by atoms with Crippen molar-refractivity contribution < 1.29 is 4.79 Å². The molecule has 1 aliphatic heterocycles. The highest BCUT2D eigenvalue weighted by Crippen LogP contribution is 2.21. The van der Waals surface area contributed by atoms with E-state index in [-0.39, 0.29) is 11.9 Å². The van der Waals surface area contributed by atoms with Crippen molar-refractivity contribution in [3.8, 4) is 0 Å². The van der Waals surface area contributed by atoms with E-state index >= 15 is 0 Å². The lowest BCUT2D eigenvalue weighted by atomic mass is 10.0. The summed E-state index contributed by atoms with van der Waals surface area (Å²) in [5.41, 5.74) is 1.03. The van der Waals surface area contributed by atoms with Crippen LogP contribution in [0.3, 0.4) is 0 Å². The van der Waals surface area contributed by atoms with Crippen molar-refractivity contribution in [2.45, 2.75) is 32.2 Å². The molecule has 0 spiro atoms. The predicted molar refractivity (Wildman–Crippen MR) is 95.0 cm³/mol. The van der Waals surface area contributed by atoms with E-state index in [0.29, 0.717) is 6.42 Å². The van der Waals surface area contributed by atoms with Crippen molar-refractivity contribution in [1.82, 2.24) is 9.88 Å². The first-order chi connectivity index (χ1) is 11.1. The third-order valence-electron chi connectivity index (χ3n) is 4.44. The number of piperidine rings is 1. The van der Waals surface area contributed by atoms with E-state index in [2.05, 4.69) is 16.0 Å². The van der Waals surface area contributed by atoms with Gasteiger partial charge in [-0.15, -0.1) is 11.3 Å². The molecule has 0 aromatic carbocycles. The Bertz CT molecular complexity index is 656. The first-order valence-electron chi connectivity index (χ1n) is 8.10. The van der Waals surface area contributed by atoms with E-state index in [1.807, 2.05) is 48.5 Å². The molecule has 3 heterocycles. The van der Waals surface area contributed by atoms with Crippen LogP contribution in [-0.2, 0) is 11.2 Å². The fraction of sp³-hybridized carbons (Fsp3) is 0.444. The van der Waals surface area contributed by atoms with Gasteiger partial charge in [-0.2, -0.15) is 0 Å². The first kappa shape index (κ1) is 16.0. The number of pyridine rings is 1. The number of thiophene rings is 1. The molecule has 5 heteroatoms. The molecule has 0 saturated carbocycles. The SMILES string of the molecule is Cc1cccc(N2CCC[C@@H](N(C)C(=O)Cc3cccs3)C2)n1. The number of aryl methyl sites for hydroxylation is 1. The normalized spacial score (nSPS) is 18.0. The van der Waals surface area contributed by atoms with Gasteiger partial charge in [0.1, 0.15) is 5.82 Å². The van der Waals surface area contributed by atoms with Gasteiger partial charge in [0.15, 0.2) is 0 Å². The van der Waals surface area contributed by atoms with Crippen molar-refractivity contribution in [1.29, 1.82) is 0 Å². The number of carbonyl (C=O) groups excluding carboxylic acids is 1. The second-order valence-electron chi connectivity index (χ2n) is 6.14. The van der Waals surface area contributed by atoms with Crippen molar-refractivity contribution >= 4 is 23.1 Å². The van der Waals surface area contributed by atoms with Crippen LogP contribution in [0.1, 0.15) is 23.4 Å². The molecule has 0 radical (unpaired) electrons. The Kier molecular flexibility index (Phi) is 4.96. The number of hydrogen-bond donors (Lipinski definition) is 0. The summed E-state index contributed by atoms with van der Waals surface area (Å²) in [4.78, 5) is 22.5. The molecule has 1 atom stereocenters. The van der Waals surface area contributed by atoms with Crippen LogP contribution in [0, 0.1) is 6.92 Å². The van der Waals surface area contributed by atoms with Gasteiger partial charge in [0.05, 0.1) is 6.42 Å². The minimum Gasteiger partial charge on any atom is -0.355 e. The van der Waals surface area contributed by atoms with Gasteiger partial charge in [0, 0.05) is 36.8 Å². The van der Waals surface area contributed by atoms with Gasteiger partial charge in [0.2, 0.25) is 5.91 Å². The molecule has 0 N–H and O–H groups in total. The van der Waals surface area contributed by atoms with Crippen LogP contribution in [0.4, 0.5) is 5.82 Å². The Morgan fingerprint density at radius 1 is 1.39 bits per heavy atom. The lowest BCUT2D eigenvalue weighted by molar-refractivity contribution is -0.131. The van der Waals surface area contributed by atoms with Crippen LogP contribution in [-0.4, -0.2) is 42.0 Å². The van der Waals surface area contributed by atoms with Gasteiger partial charge in [-0.05, 0) is 43.3 Å². The molecule has 23 heavy (non-hydrogen) atoms. The molecule has 0 aliphatic carbocycles. The molecule has 2 aromatic heterocycles. The smallest absolute Gasteiger partial charge is 0.227 e. The highest BCUT2D eigenvalue weighted by atomic mass is 32.1. The van der Waals surface area contributed by atoms with E-state index < -0.39 is 0 Å². The van der Waals surface area contributed by atoms with Crippen LogP contribution in [0.15, 0.2) is 35.7 Å². The highest BCUT2D eigenvalue weighted by Gasteiger charge is 2.26. The Morgan fingerprint density at radius 3 is 3.00 bits per heavy atom. The van der Waals surface area contributed by atoms with E-state index in [4.69, 9.17) is 0 Å². The number of aromatic nitrogens is 1. The van der Waals surface area contributed by atoms with Gasteiger partial charge < -0.3 is 9.80 Å². The predicted octanol–water partition coefficient (Wildman–Crippen LogP) is 3.12. The van der Waals surface area contributed by atoms with Gasteiger partial charge in [-0.25, -0.2) is 4.98 Å². The summed E-state index contributed by atoms with van der Waals surface area (Å²) in [6, 6.07) is 10.4. The third kappa shape index (κ3) is 3.91. The van der Waals surface area contributed by atoms with Crippen LogP contribution in [0.2, 0.25) is 0 Å². The Hall–Kier alpha value is -1.88. The number of rotatable bonds is 4.